The number of nitrogens with one attached hydrogen (secondary N) is 1. The molecule has 1 rings (SSSR count). The highest BCUT2D eigenvalue weighted by Crippen LogP contribution is 2.15. The van der Waals surface area contributed by atoms with Gasteiger partial charge in [-0.25, -0.2) is 0 Å². The molecule has 1 amide bonds. The molecule has 0 aromatic carbocycles. The number of amides is 1. The summed E-state index contributed by atoms with van der Waals surface area (Å²) < 4.78 is 0. The summed E-state index contributed by atoms with van der Waals surface area (Å²) in [7, 11) is 0. The van der Waals surface area contributed by atoms with E-state index in [0.29, 0.717) is 0 Å². The molecule has 1 saturated heterocycles. The van der Waals surface area contributed by atoms with Gasteiger partial charge in [0, 0.05) is 13.1 Å². The number of likely N-dealkylation sites (N-methyl/N-ethyl adjacent to an activating group) is 1. The normalized spacial score (nSPS) is 24.3. The molecule has 106 valence electrons. The van der Waals surface area contributed by atoms with E-state index in [2.05, 4.69) is 37.9 Å². The average molecular weight is 255 g/mol. The first-order chi connectivity index (χ1) is 8.67. The number of carbonyl (C=O) groups excluding carboxylic acids is 1. The first-order valence-electron chi connectivity index (χ1n) is 7.46. The minimum atomic E-state index is 0.0381. The van der Waals surface area contributed by atoms with Gasteiger partial charge in [0.25, 0.3) is 0 Å². The molecule has 0 aromatic rings. The summed E-state index contributed by atoms with van der Waals surface area (Å²) in [5.41, 5.74) is 0. The van der Waals surface area contributed by atoms with Crippen LogP contribution in [-0.2, 0) is 4.79 Å². The Hall–Kier alpha value is -0.610. The lowest BCUT2D eigenvalue weighted by molar-refractivity contribution is -0.130. The highest BCUT2D eigenvalue weighted by Gasteiger charge is 2.36. The molecule has 1 aliphatic rings. The van der Waals surface area contributed by atoms with Crippen molar-refractivity contribution < 1.29 is 4.79 Å². The Kier molecular flexibility index (Phi) is 6.65. The van der Waals surface area contributed by atoms with E-state index in [1.54, 1.807) is 0 Å². The van der Waals surface area contributed by atoms with Crippen molar-refractivity contribution in [1.82, 2.24) is 15.1 Å². The predicted octanol–water partition coefficient (Wildman–Crippen LogP) is 1.66. The lowest BCUT2D eigenvalue weighted by Crippen LogP contribution is -2.42. The van der Waals surface area contributed by atoms with Gasteiger partial charge in [0.15, 0.2) is 0 Å². The smallest absolute Gasteiger partial charge is 0.241 e. The Morgan fingerprint density at radius 1 is 1.17 bits per heavy atom. The van der Waals surface area contributed by atoms with E-state index >= 15 is 0 Å². The molecule has 18 heavy (non-hydrogen) atoms. The Labute approximate surface area is 112 Å². The van der Waals surface area contributed by atoms with Crippen molar-refractivity contribution in [3.8, 4) is 0 Å². The van der Waals surface area contributed by atoms with Gasteiger partial charge in [-0.2, -0.15) is 0 Å². The van der Waals surface area contributed by atoms with Gasteiger partial charge in [-0.1, -0.05) is 27.7 Å². The van der Waals surface area contributed by atoms with E-state index in [-0.39, 0.29) is 18.1 Å². The molecule has 1 N–H and O–H groups in total. The van der Waals surface area contributed by atoms with E-state index in [1.807, 2.05) is 4.90 Å². The number of hydrogen-bond donors (Lipinski definition) is 1. The Morgan fingerprint density at radius 3 is 2.39 bits per heavy atom. The van der Waals surface area contributed by atoms with E-state index < -0.39 is 0 Å². The first kappa shape index (κ1) is 15.4. The fraction of sp³-hybridized carbons (Fsp3) is 0.929. The van der Waals surface area contributed by atoms with Crippen LogP contribution in [-0.4, -0.2) is 54.1 Å². The zero-order valence-corrected chi connectivity index (χ0v) is 12.4. The van der Waals surface area contributed by atoms with Crippen LogP contribution in [0.15, 0.2) is 0 Å². The summed E-state index contributed by atoms with van der Waals surface area (Å²) in [6.07, 6.45) is 3.29. The molecule has 1 fully saturated rings. The van der Waals surface area contributed by atoms with E-state index in [1.165, 1.54) is 6.42 Å². The van der Waals surface area contributed by atoms with Gasteiger partial charge in [0.2, 0.25) is 5.91 Å². The van der Waals surface area contributed by atoms with E-state index in [4.69, 9.17) is 0 Å². The summed E-state index contributed by atoms with van der Waals surface area (Å²) >= 11 is 0. The van der Waals surface area contributed by atoms with Crippen molar-refractivity contribution in [1.29, 1.82) is 0 Å². The third-order valence-corrected chi connectivity index (χ3v) is 3.79. The molecule has 2 unspecified atom stereocenters. The van der Waals surface area contributed by atoms with Crippen LogP contribution in [0, 0.1) is 0 Å². The Morgan fingerprint density at radius 2 is 1.89 bits per heavy atom. The lowest BCUT2D eigenvalue weighted by atomic mass is 10.2. The molecule has 0 aliphatic carbocycles. The van der Waals surface area contributed by atoms with Crippen LogP contribution in [0.5, 0.6) is 0 Å². The number of rotatable bonds is 8. The minimum Gasteiger partial charge on any atom is -0.325 e. The standard InChI is InChI=1S/C14H29N3O/c1-5-9-16(8-4)10-11-17-13(7-3)15-12(6-2)14(17)18/h12-13,15H,5-11H2,1-4H3. The van der Waals surface area contributed by atoms with Crippen LogP contribution in [0.25, 0.3) is 0 Å². The topological polar surface area (TPSA) is 35.6 Å². The summed E-state index contributed by atoms with van der Waals surface area (Å²) in [6, 6.07) is 0.0381. The molecule has 1 aliphatic heterocycles. The zero-order chi connectivity index (χ0) is 13.5. The molecule has 4 nitrogen and oxygen atoms in total. The zero-order valence-electron chi connectivity index (χ0n) is 12.4. The Balaban J connectivity index is 2.50. The van der Waals surface area contributed by atoms with Gasteiger partial charge < -0.3 is 9.80 Å². The lowest BCUT2D eigenvalue weighted by Gasteiger charge is -2.27. The van der Waals surface area contributed by atoms with E-state index in [9.17, 15) is 4.79 Å². The average Bonchev–Trinajstić information content (AvgIpc) is 2.70. The van der Waals surface area contributed by atoms with E-state index in [0.717, 1.165) is 39.0 Å². The summed E-state index contributed by atoms with van der Waals surface area (Å²) in [5.74, 6) is 0.289. The monoisotopic (exact) mass is 255 g/mol. The van der Waals surface area contributed by atoms with Gasteiger partial charge in [-0.3, -0.25) is 10.1 Å². The maximum Gasteiger partial charge on any atom is 0.241 e. The van der Waals surface area contributed by atoms with Crippen molar-refractivity contribution in [3.05, 3.63) is 0 Å². The summed E-state index contributed by atoms with van der Waals surface area (Å²) in [6.45, 7) is 12.6. The second-order valence-electron chi connectivity index (χ2n) is 5.02. The predicted molar refractivity (Wildman–Crippen MR) is 75.4 cm³/mol. The number of nitrogens with zero attached hydrogens (tertiary/aromatic N) is 2. The molecule has 0 spiro atoms. The van der Waals surface area contributed by atoms with Crippen molar-refractivity contribution in [2.24, 2.45) is 0 Å². The fourth-order valence-corrected chi connectivity index (χ4v) is 2.64. The van der Waals surface area contributed by atoms with Gasteiger partial charge in [-0.15, -0.1) is 0 Å². The highest BCUT2D eigenvalue weighted by atomic mass is 16.2. The third-order valence-electron chi connectivity index (χ3n) is 3.79. The van der Waals surface area contributed by atoms with Crippen LogP contribution in [0.2, 0.25) is 0 Å². The summed E-state index contributed by atoms with van der Waals surface area (Å²) in [4.78, 5) is 16.7. The largest absolute Gasteiger partial charge is 0.325 e. The maximum absolute atomic E-state index is 12.2. The third kappa shape index (κ3) is 3.69. The van der Waals surface area contributed by atoms with Crippen LogP contribution in [0.4, 0.5) is 0 Å². The quantitative estimate of drug-likeness (QED) is 0.716. The molecule has 0 bridgehead atoms. The van der Waals surface area contributed by atoms with Gasteiger partial charge >= 0.3 is 0 Å². The second-order valence-corrected chi connectivity index (χ2v) is 5.02. The van der Waals surface area contributed by atoms with Crippen LogP contribution in [0.1, 0.15) is 47.0 Å². The highest BCUT2D eigenvalue weighted by molar-refractivity contribution is 5.84. The number of carbonyl (C=O) groups is 1. The molecule has 0 saturated carbocycles. The molecular weight excluding hydrogens is 226 g/mol. The van der Waals surface area contributed by atoms with Crippen molar-refractivity contribution in [2.45, 2.75) is 59.2 Å². The van der Waals surface area contributed by atoms with Gasteiger partial charge in [0.1, 0.15) is 0 Å². The molecule has 0 radical (unpaired) electrons. The summed E-state index contributed by atoms with van der Waals surface area (Å²) in [5, 5.41) is 3.42. The van der Waals surface area contributed by atoms with Crippen LogP contribution >= 0.6 is 0 Å². The van der Waals surface area contributed by atoms with Gasteiger partial charge in [0.05, 0.1) is 12.2 Å². The SMILES string of the molecule is CCCN(CC)CCN1C(=O)C(CC)NC1CC. The fourth-order valence-electron chi connectivity index (χ4n) is 2.64. The van der Waals surface area contributed by atoms with Crippen molar-refractivity contribution in [3.63, 3.8) is 0 Å². The maximum atomic E-state index is 12.2. The molecular formula is C14H29N3O. The van der Waals surface area contributed by atoms with Crippen molar-refractivity contribution in [2.75, 3.05) is 26.2 Å². The van der Waals surface area contributed by atoms with Gasteiger partial charge in [-0.05, 0) is 32.4 Å². The molecule has 4 heteroatoms. The Bertz CT molecular complexity index is 257. The molecule has 2 atom stereocenters. The molecule has 0 aromatic heterocycles. The number of hydrogen-bond acceptors (Lipinski definition) is 3. The molecule has 1 heterocycles. The minimum absolute atomic E-state index is 0.0381. The second kappa shape index (κ2) is 7.74. The first-order valence-corrected chi connectivity index (χ1v) is 7.46. The van der Waals surface area contributed by atoms with Crippen molar-refractivity contribution >= 4 is 5.91 Å². The van der Waals surface area contributed by atoms with Crippen LogP contribution in [0.3, 0.4) is 0 Å². The van der Waals surface area contributed by atoms with Crippen LogP contribution < -0.4 is 5.32 Å².